The van der Waals surface area contributed by atoms with Crippen molar-refractivity contribution in [1.82, 2.24) is 0 Å². The summed E-state index contributed by atoms with van der Waals surface area (Å²) >= 11 is 11.7. The van der Waals surface area contributed by atoms with E-state index in [4.69, 9.17) is 27.9 Å². The molecule has 0 spiro atoms. The molecular weight excluding hydrogens is 295 g/mol. The molecule has 0 N–H and O–H groups in total. The molecule has 0 fully saturated rings. The van der Waals surface area contributed by atoms with Gasteiger partial charge >= 0.3 is 0 Å². The standard InChI is InChI=1S/C16H14Cl2O2/c1-10-3-4-11(2)13(7-10)16(19)9-20-12-5-6-14(17)15(18)8-12/h3-8H,9H2,1-2H3. The van der Waals surface area contributed by atoms with Crippen molar-refractivity contribution in [2.45, 2.75) is 13.8 Å². The van der Waals surface area contributed by atoms with Crippen molar-refractivity contribution in [2.75, 3.05) is 6.61 Å². The molecule has 104 valence electrons. The van der Waals surface area contributed by atoms with Gasteiger partial charge in [-0.05, 0) is 37.6 Å². The van der Waals surface area contributed by atoms with Crippen LogP contribution in [0, 0.1) is 13.8 Å². The van der Waals surface area contributed by atoms with Crippen molar-refractivity contribution >= 4 is 29.0 Å². The number of rotatable bonds is 4. The molecule has 0 aromatic heterocycles. The summed E-state index contributed by atoms with van der Waals surface area (Å²) in [6.45, 7) is 3.84. The van der Waals surface area contributed by atoms with Crippen LogP contribution in [0.5, 0.6) is 5.75 Å². The van der Waals surface area contributed by atoms with Crippen LogP contribution in [0.3, 0.4) is 0 Å². The van der Waals surface area contributed by atoms with Crippen molar-refractivity contribution in [3.8, 4) is 5.75 Å². The summed E-state index contributed by atoms with van der Waals surface area (Å²) in [5.41, 5.74) is 2.68. The molecule has 2 aromatic carbocycles. The Morgan fingerprint density at radius 1 is 1.05 bits per heavy atom. The Bertz CT molecular complexity index is 651. The summed E-state index contributed by atoms with van der Waals surface area (Å²) in [4.78, 5) is 12.2. The molecule has 2 rings (SSSR count). The maximum absolute atomic E-state index is 12.2. The van der Waals surface area contributed by atoms with Gasteiger partial charge in [0.2, 0.25) is 0 Å². The average Bonchev–Trinajstić information content (AvgIpc) is 2.42. The molecule has 2 aromatic rings. The molecule has 0 heterocycles. The Kier molecular flexibility index (Phi) is 4.69. The molecule has 20 heavy (non-hydrogen) atoms. The quantitative estimate of drug-likeness (QED) is 0.753. The Hall–Kier alpha value is -1.51. The van der Waals surface area contributed by atoms with Crippen molar-refractivity contribution in [1.29, 1.82) is 0 Å². The molecule has 0 aliphatic rings. The third-order valence-electron chi connectivity index (χ3n) is 2.95. The molecule has 0 unspecified atom stereocenters. The maximum atomic E-state index is 12.2. The van der Waals surface area contributed by atoms with E-state index in [0.29, 0.717) is 21.4 Å². The van der Waals surface area contributed by atoms with Gasteiger partial charge in [0, 0.05) is 11.6 Å². The first-order valence-electron chi connectivity index (χ1n) is 6.15. The van der Waals surface area contributed by atoms with Crippen LogP contribution < -0.4 is 4.74 Å². The van der Waals surface area contributed by atoms with E-state index in [2.05, 4.69) is 0 Å². The Morgan fingerprint density at radius 3 is 2.50 bits per heavy atom. The van der Waals surface area contributed by atoms with E-state index in [1.807, 2.05) is 32.0 Å². The molecule has 0 aliphatic carbocycles. The summed E-state index contributed by atoms with van der Waals surface area (Å²) < 4.78 is 5.46. The summed E-state index contributed by atoms with van der Waals surface area (Å²) in [6, 6.07) is 10.7. The topological polar surface area (TPSA) is 26.3 Å². The fourth-order valence-corrected chi connectivity index (χ4v) is 2.12. The van der Waals surface area contributed by atoms with E-state index in [1.165, 1.54) is 0 Å². The lowest BCUT2D eigenvalue weighted by Gasteiger charge is -2.09. The van der Waals surface area contributed by atoms with Gasteiger partial charge in [-0.25, -0.2) is 0 Å². The predicted octanol–water partition coefficient (Wildman–Crippen LogP) is 4.87. The zero-order chi connectivity index (χ0) is 14.7. The average molecular weight is 309 g/mol. The largest absolute Gasteiger partial charge is 0.485 e. The number of halogens is 2. The predicted molar refractivity (Wildman–Crippen MR) is 82.2 cm³/mol. The van der Waals surface area contributed by atoms with Gasteiger partial charge < -0.3 is 4.74 Å². The van der Waals surface area contributed by atoms with E-state index in [9.17, 15) is 4.79 Å². The third kappa shape index (κ3) is 3.53. The zero-order valence-electron chi connectivity index (χ0n) is 11.2. The number of benzene rings is 2. The fraction of sp³-hybridized carbons (Fsp3) is 0.188. The van der Waals surface area contributed by atoms with Crippen LogP contribution in [-0.4, -0.2) is 12.4 Å². The minimum absolute atomic E-state index is 0.0255. The lowest BCUT2D eigenvalue weighted by molar-refractivity contribution is 0.0921. The summed E-state index contributed by atoms with van der Waals surface area (Å²) in [7, 11) is 0. The van der Waals surface area contributed by atoms with E-state index < -0.39 is 0 Å². The van der Waals surface area contributed by atoms with E-state index in [0.717, 1.165) is 11.1 Å². The van der Waals surface area contributed by atoms with Crippen LogP contribution in [0.4, 0.5) is 0 Å². The highest BCUT2D eigenvalue weighted by Crippen LogP contribution is 2.26. The molecule has 4 heteroatoms. The van der Waals surface area contributed by atoms with E-state index >= 15 is 0 Å². The highest BCUT2D eigenvalue weighted by molar-refractivity contribution is 6.42. The number of aryl methyl sites for hydroxylation is 2. The molecule has 0 amide bonds. The summed E-state index contributed by atoms with van der Waals surface area (Å²) in [5, 5.41) is 0.864. The van der Waals surface area contributed by atoms with E-state index in [1.54, 1.807) is 18.2 Å². The monoisotopic (exact) mass is 308 g/mol. The number of hydrogen-bond acceptors (Lipinski definition) is 2. The van der Waals surface area contributed by atoms with Gasteiger partial charge in [0.25, 0.3) is 0 Å². The zero-order valence-corrected chi connectivity index (χ0v) is 12.8. The number of ether oxygens (including phenoxy) is 1. The second-order valence-electron chi connectivity index (χ2n) is 4.61. The first-order chi connectivity index (χ1) is 9.47. The smallest absolute Gasteiger partial charge is 0.200 e. The minimum Gasteiger partial charge on any atom is -0.485 e. The lowest BCUT2D eigenvalue weighted by atomic mass is 10.0. The van der Waals surface area contributed by atoms with Crippen LogP contribution >= 0.6 is 23.2 Å². The minimum atomic E-state index is -0.0581. The molecule has 0 aliphatic heterocycles. The third-order valence-corrected chi connectivity index (χ3v) is 3.69. The van der Waals surface area contributed by atoms with Gasteiger partial charge in [-0.3, -0.25) is 4.79 Å². The summed E-state index contributed by atoms with van der Waals surface area (Å²) in [5.74, 6) is 0.468. The highest BCUT2D eigenvalue weighted by Gasteiger charge is 2.10. The number of carbonyl (C=O) groups is 1. The van der Waals surface area contributed by atoms with Crippen LogP contribution in [0.2, 0.25) is 10.0 Å². The van der Waals surface area contributed by atoms with Gasteiger partial charge in [-0.2, -0.15) is 0 Å². The molecule has 0 saturated heterocycles. The van der Waals surface area contributed by atoms with Crippen LogP contribution in [0.1, 0.15) is 21.5 Å². The van der Waals surface area contributed by atoms with Gasteiger partial charge in [0.05, 0.1) is 10.0 Å². The SMILES string of the molecule is Cc1ccc(C)c(C(=O)COc2ccc(Cl)c(Cl)c2)c1. The summed E-state index contributed by atoms with van der Waals surface area (Å²) in [6.07, 6.45) is 0. The van der Waals surface area contributed by atoms with Crippen molar-refractivity contribution in [3.63, 3.8) is 0 Å². The number of carbonyl (C=O) groups excluding carboxylic acids is 1. The van der Waals surface area contributed by atoms with Crippen LogP contribution in [0.25, 0.3) is 0 Å². The number of Topliss-reactive ketones (excluding diaryl/α,β-unsaturated/α-hetero) is 1. The second-order valence-corrected chi connectivity index (χ2v) is 5.42. The van der Waals surface area contributed by atoms with Gasteiger partial charge in [-0.1, -0.05) is 40.9 Å². The van der Waals surface area contributed by atoms with E-state index in [-0.39, 0.29) is 12.4 Å². The molecule has 0 atom stereocenters. The molecule has 0 bridgehead atoms. The molecule has 0 saturated carbocycles. The second kappa shape index (κ2) is 6.29. The number of hydrogen-bond donors (Lipinski definition) is 0. The van der Waals surface area contributed by atoms with Gasteiger partial charge in [-0.15, -0.1) is 0 Å². The van der Waals surface area contributed by atoms with Crippen molar-refractivity contribution < 1.29 is 9.53 Å². The number of ketones is 1. The van der Waals surface area contributed by atoms with Crippen LogP contribution in [-0.2, 0) is 0 Å². The Balaban J connectivity index is 2.08. The van der Waals surface area contributed by atoms with Gasteiger partial charge in [0.15, 0.2) is 12.4 Å². The Labute approximate surface area is 128 Å². The first kappa shape index (κ1) is 14.9. The van der Waals surface area contributed by atoms with Crippen LogP contribution in [0.15, 0.2) is 36.4 Å². The van der Waals surface area contributed by atoms with Crippen molar-refractivity contribution in [3.05, 3.63) is 63.1 Å². The maximum Gasteiger partial charge on any atom is 0.200 e. The van der Waals surface area contributed by atoms with Crippen molar-refractivity contribution in [2.24, 2.45) is 0 Å². The lowest BCUT2D eigenvalue weighted by Crippen LogP contribution is -2.13. The first-order valence-corrected chi connectivity index (χ1v) is 6.91. The molecule has 2 nitrogen and oxygen atoms in total. The Morgan fingerprint density at radius 2 is 1.80 bits per heavy atom. The highest BCUT2D eigenvalue weighted by atomic mass is 35.5. The van der Waals surface area contributed by atoms with Gasteiger partial charge in [0.1, 0.15) is 5.75 Å². The fourth-order valence-electron chi connectivity index (χ4n) is 1.83. The molecule has 0 radical (unpaired) electrons. The normalized spacial score (nSPS) is 10.4. The molecular formula is C16H14Cl2O2.